The number of ether oxygens (including phenoxy) is 1. The van der Waals surface area contributed by atoms with Crippen molar-refractivity contribution in [1.29, 1.82) is 0 Å². The summed E-state index contributed by atoms with van der Waals surface area (Å²) in [5.41, 5.74) is 1.04. The third-order valence-electron chi connectivity index (χ3n) is 4.88. The minimum atomic E-state index is -0.231. The number of nitrogens with zero attached hydrogens (tertiary/aromatic N) is 3. The number of halogens is 3. The van der Waals surface area contributed by atoms with Crippen LogP contribution in [0.5, 0.6) is 5.75 Å². The average Bonchev–Trinajstić information content (AvgIpc) is 2.71. The Morgan fingerprint density at radius 2 is 1.88 bits per heavy atom. The van der Waals surface area contributed by atoms with Crippen molar-refractivity contribution in [3.8, 4) is 5.75 Å². The fourth-order valence-corrected chi connectivity index (χ4v) is 3.96. The monoisotopic (exact) mass is 537 g/mol. The van der Waals surface area contributed by atoms with Gasteiger partial charge in [-0.05, 0) is 47.7 Å². The fraction of sp³-hybridized carbons (Fsp3) is 0.375. The Morgan fingerprint density at radius 1 is 1.22 bits per heavy atom. The van der Waals surface area contributed by atoms with Crippen molar-refractivity contribution in [3.05, 3.63) is 66.6 Å². The molecule has 0 radical (unpaired) electrons. The second-order valence-electron chi connectivity index (χ2n) is 8.97. The third kappa shape index (κ3) is 5.72. The molecule has 0 amide bonds. The van der Waals surface area contributed by atoms with E-state index in [1.165, 1.54) is 4.68 Å². The molecule has 170 valence electrons. The standard InChI is InChI=1S/C24H26BrCl2N3O2/c1-6-14(2)22-29-20-8-7-16(25)11-17(20)23(31)30(22)28-12-15-9-18(26)21(19(27)10-15)32-13-24(3,4)5/h7-12,14H,6,13H2,1-5H3/t14-/m0/s1. The Bertz CT molecular complexity index is 1210. The first-order chi connectivity index (χ1) is 15.0. The molecular weight excluding hydrogens is 513 g/mol. The van der Waals surface area contributed by atoms with Crippen LogP contribution in [0.25, 0.3) is 10.9 Å². The van der Waals surface area contributed by atoms with Crippen LogP contribution in [0.4, 0.5) is 0 Å². The summed E-state index contributed by atoms with van der Waals surface area (Å²) >= 11 is 16.3. The molecule has 5 nitrogen and oxygen atoms in total. The van der Waals surface area contributed by atoms with E-state index in [0.29, 0.717) is 44.7 Å². The second kappa shape index (κ2) is 9.94. The zero-order valence-corrected chi connectivity index (χ0v) is 21.8. The molecule has 0 bridgehead atoms. The minimum Gasteiger partial charge on any atom is -0.490 e. The van der Waals surface area contributed by atoms with Gasteiger partial charge in [0.1, 0.15) is 5.82 Å². The maximum absolute atomic E-state index is 13.2. The molecule has 3 rings (SSSR count). The first-order valence-electron chi connectivity index (χ1n) is 10.4. The molecule has 1 aromatic heterocycles. The van der Waals surface area contributed by atoms with E-state index in [0.717, 1.165) is 10.9 Å². The number of rotatable bonds is 6. The molecule has 0 spiro atoms. The van der Waals surface area contributed by atoms with Gasteiger partial charge < -0.3 is 4.74 Å². The molecule has 1 atom stereocenters. The second-order valence-corrected chi connectivity index (χ2v) is 10.7. The van der Waals surface area contributed by atoms with E-state index < -0.39 is 0 Å². The molecule has 0 aliphatic carbocycles. The predicted octanol–water partition coefficient (Wildman–Crippen LogP) is 7.29. The molecule has 3 aromatic rings. The number of benzene rings is 2. The average molecular weight is 539 g/mol. The molecule has 8 heteroatoms. The van der Waals surface area contributed by atoms with E-state index in [1.54, 1.807) is 24.4 Å². The number of fused-ring (bicyclic) bond motifs is 1. The summed E-state index contributed by atoms with van der Waals surface area (Å²) in [7, 11) is 0. The molecule has 32 heavy (non-hydrogen) atoms. The van der Waals surface area contributed by atoms with E-state index >= 15 is 0 Å². The lowest BCUT2D eigenvalue weighted by atomic mass is 9.99. The fourth-order valence-electron chi connectivity index (χ4n) is 2.98. The molecule has 2 aromatic carbocycles. The van der Waals surface area contributed by atoms with Crippen molar-refractivity contribution in [2.24, 2.45) is 10.5 Å². The largest absolute Gasteiger partial charge is 0.490 e. The molecule has 0 N–H and O–H groups in total. The Balaban J connectivity index is 2.04. The molecule has 0 unspecified atom stereocenters. The topological polar surface area (TPSA) is 56.5 Å². The Labute approximate surface area is 206 Å². The highest BCUT2D eigenvalue weighted by Gasteiger charge is 2.17. The van der Waals surface area contributed by atoms with Crippen LogP contribution in [0.3, 0.4) is 0 Å². The van der Waals surface area contributed by atoms with E-state index in [4.69, 9.17) is 32.9 Å². The van der Waals surface area contributed by atoms with Gasteiger partial charge in [0.15, 0.2) is 5.75 Å². The lowest BCUT2D eigenvalue weighted by molar-refractivity contribution is 0.198. The smallest absolute Gasteiger partial charge is 0.282 e. The van der Waals surface area contributed by atoms with Gasteiger partial charge in [0.2, 0.25) is 0 Å². The summed E-state index contributed by atoms with van der Waals surface area (Å²) < 4.78 is 7.98. The van der Waals surface area contributed by atoms with Gasteiger partial charge in [0, 0.05) is 10.4 Å². The van der Waals surface area contributed by atoms with Crippen LogP contribution in [0.1, 0.15) is 58.3 Å². The van der Waals surface area contributed by atoms with Crippen LogP contribution in [0.15, 0.2) is 44.7 Å². The van der Waals surface area contributed by atoms with Crippen molar-refractivity contribution in [1.82, 2.24) is 9.66 Å². The molecule has 0 saturated heterocycles. The summed E-state index contributed by atoms with van der Waals surface area (Å²) in [4.78, 5) is 17.9. The Hall–Kier alpha value is -1.89. The van der Waals surface area contributed by atoms with E-state index in [-0.39, 0.29) is 16.9 Å². The summed E-state index contributed by atoms with van der Waals surface area (Å²) in [5, 5.41) is 5.73. The molecule has 0 fully saturated rings. The molecule has 0 aliphatic heterocycles. The van der Waals surface area contributed by atoms with Crippen LogP contribution in [0, 0.1) is 5.41 Å². The van der Waals surface area contributed by atoms with Crippen LogP contribution >= 0.6 is 39.1 Å². The van der Waals surface area contributed by atoms with Crippen molar-refractivity contribution in [3.63, 3.8) is 0 Å². The van der Waals surface area contributed by atoms with Crippen LogP contribution < -0.4 is 10.3 Å². The molecule has 0 saturated carbocycles. The van der Waals surface area contributed by atoms with Gasteiger partial charge in [-0.1, -0.05) is 73.8 Å². The van der Waals surface area contributed by atoms with Gasteiger partial charge >= 0.3 is 0 Å². The zero-order chi connectivity index (χ0) is 23.6. The van der Waals surface area contributed by atoms with Crippen molar-refractivity contribution >= 4 is 56.2 Å². The van der Waals surface area contributed by atoms with E-state index in [2.05, 4.69) is 41.8 Å². The lowest BCUT2D eigenvalue weighted by Gasteiger charge is -2.20. The third-order valence-corrected chi connectivity index (χ3v) is 5.93. The number of aromatic nitrogens is 2. The number of hydrogen-bond donors (Lipinski definition) is 0. The predicted molar refractivity (Wildman–Crippen MR) is 137 cm³/mol. The summed E-state index contributed by atoms with van der Waals surface area (Å²) in [6, 6.07) is 8.89. The Morgan fingerprint density at radius 3 is 2.47 bits per heavy atom. The van der Waals surface area contributed by atoms with Gasteiger partial charge in [-0.3, -0.25) is 4.79 Å². The zero-order valence-electron chi connectivity index (χ0n) is 18.7. The highest BCUT2D eigenvalue weighted by Crippen LogP contribution is 2.35. The SMILES string of the molecule is CC[C@H](C)c1nc2ccc(Br)cc2c(=O)n1N=Cc1cc(Cl)c(OCC(C)(C)C)c(Cl)c1. The van der Waals surface area contributed by atoms with Gasteiger partial charge in [-0.2, -0.15) is 9.78 Å². The van der Waals surface area contributed by atoms with E-state index in [1.807, 2.05) is 26.0 Å². The first-order valence-corrected chi connectivity index (χ1v) is 11.9. The molecule has 0 aliphatic rings. The van der Waals surface area contributed by atoms with Crippen LogP contribution in [0.2, 0.25) is 10.0 Å². The van der Waals surface area contributed by atoms with Gasteiger partial charge in [-0.15, -0.1) is 0 Å². The molecular formula is C24H26BrCl2N3O2. The van der Waals surface area contributed by atoms with Crippen molar-refractivity contribution in [2.45, 2.75) is 47.0 Å². The minimum absolute atomic E-state index is 0.0294. The first kappa shape index (κ1) is 24.7. The van der Waals surface area contributed by atoms with Crippen LogP contribution in [-0.4, -0.2) is 22.5 Å². The van der Waals surface area contributed by atoms with Gasteiger partial charge in [-0.25, -0.2) is 4.98 Å². The highest BCUT2D eigenvalue weighted by molar-refractivity contribution is 9.10. The maximum atomic E-state index is 13.2. The summed E-state index contributed by atoms with van der Waals surface area (Å²) in [6.45, 7) is 10.8. The summed E-state index contributed by atoms with van der Waals surface area (Å²) in [6.07, 6.45) is 2.38. The van der Waals surface area contributed by atoms with E-state index in [9.17, 15) is 4.79 Å². The summed E-state index contributed by atoms with van der Waals surface area (Å²) in [5.74, 6) is 1.09. The Kier molecular flexibility index (Phi) is 7.69. The highest BCUT2D eigenvalue weighted by atomic mass is 79.9. The molecule has 1 heterocycles. The van der Waals surface area contributed by atoms with Crippen molar-refractivity contribution in [2.75, 3.05) is 6.61 Å². The maximum Gasteiger partial charge on any atom is 0.282 e. The number of hydrogen-bond acceptors (Lipinski definition) is 4. The lowest BCUT2D eigenvalue weighted by Crippen LogP contribution is -2.23. The van der Waals surface area contributed by atoms with Gasteiger partial charge in [0.25, 0.3) is 5.56 Å². The van der Waals surface area contributed by atoms with Crippen molar-refractivity contribution < 1.29 is 4.74 Å². The normalized spacial score (nSPS) is 13.1. The van der Waals surface area contributed by atoms with Gasteiger partial charge in [0.05, 0.1) is 33.8 Å². The quantitative estimate of drug-likeness (QED) is 0.310. The van der Waals surface area contributed by atoms with Crippen LogP contribution in [-0.2, 0) is 0 Å².